The number of anilines is 1. The maximum absolute atomic E-state index is 15.2. The molecule has 0 aromatic heterocycles. The van der Waals surface area contributed by atoms with E-state index >= 15 is 4.79 Å². The van der Waals surface area contributed by atoms with E-state index in [1.807, 2.05) is 110 Å². The van der Waals surface area contributed by atoms with Crippen molar-refractivity contribution in [1.82, 2.24) is 9.91 Å². The third-order valence-corrected chi connectivity index (χ3v) is 11.4. The van der Waals surface area contributed by atoms with Gasteiger partial charge < -0.3 is 9.84 Å². The van der Waals surface area contributed by atoms with Crippen molar-refractivity contribution in [3.05, 3.63) is 143 Å². The summed E-state index contributed by atoms with van der Waals surface area (Å²) in [7, 11) is 1.48. The van der Waals surface area contributed by atoms with E-state index in [1.54, 1.807) is 18.2 Å². The number of aryl methyl sites for hydroxylation is 1. The van der Waals surface area contributed by atoms with Gasteiger partial charge in [0.2, 0.25) is 11.8 Å². The fourth-order valence-electron chi connectivity index (χ4n) is 8.99. The molecule has 3 fully saturated rings. The van der Waals surface area contributed by atoms with Gasteiger partial charge in [0.15, 0.2) is 11.5 Å². The first kappa shape index (κ1) is 33.2. The standard InChI is InChI=1S/C43H39N3O6/c1-26-13-17-30(18-14-26)44-46-40(49)35-24-33-31(19-20-32-38(33)41(50)45(39(32)48)25-28-9-5-3-6-10-28)34(21-15-27-16-22-36(47)37(23-27)52-2)43(35,42(46)51)29-11-7-4-8-12-29/h3-19,21-23,32-35,38,44,47H,20,24-25H2,1-2H3/t32-,33+,34-,35-,38-,43-/m0/s1. The second-order valence-electron chi connectivity index (χ2n) is 14.2. The van der Waals surface area contributed by atoms with Crippen LogP contribution in [0.15, 0.2) is 121 Å². The molecular weight excluding hydrogens is 654 g/mol. The van der Waals surface area contributed by atoms with Crippen LogP contribution in [0, 0.1) is 36.5 Å². The number of nitrogens with zero attached hydrogens (tertiary/aromatic N) is 2. The number of allylic oxidation sites excluding steroid dienone is 3. The summed E-state index contributed by atoms with van der Waals surface area (Å²) < 4.78 is 5.37. The van der Waals surface area contributed by atoms with Gasteiger partial charge in [-0.3, -0.25) is 29.5 Å². The minimum Gasteiger partial charge on any atom is -0.504 e. The first-order valence-electron chi connectivity index (χ1n) is 17.6. The third kappa shape index (κ3) is 5.22. The summed E-state index contributed by atoms with van der Waals surface area (Å²) in [4.78, 5) is 59.6. The summed E-state index contributed by atoms with van der Waals surface area (Å²) in [5.41, 5.74) is 6.58. The highest BCUT2D eigenvalue weighted by Crippen LogP contribution is 2.61. The topological polar surface area (TPSA) is 116 Å². The minimum atomic E-state index is -1.35. The Hall–Kier alpha value is -5.96. The Kier molecular flexibility index (Phi) is 8.29. The molecule has 4 aromatic carbocycles. The molecule has 4 aliphatic rings. The molecule has 52 heavy (non-hydrogen) atoms. The number of carbonyl (C=O) groups excluding carboxylic acids is 4. The molecule has 4 aromatic rings. The fourth-order valence-corrected chi connectivity index (χ4v) is 8.99. The number of fused-ring (bicyclic) bond motifs is 4. The molecule has 262 valence electrons. The summed E-state index contributed by atoms with van der Waals surface area (Å²) in [6.07, 6.45) is 6.46. The van der Waals surface area contributed by atoms with Crippen molar-refractivity contribution in [2.24, 2.45) is 29.6 Å². The predicted octanol–water partition coefficient (Wildman–Crippen LogP) is 6.44. The molecule has 0 unspecified atom stereocenters. The highest BCUT2D eigenvalue weighted by atomic mass is 16.5. The average molecular weight is 694 g/mol. The quantitative estimate of drug-likeness (QED) is 0.161. The van der Waals surface area contributed by atoms with Crippen molar-refractivity contribution in [1.29, 1.82) is 0 Å². The Morgan fingerprint density at radius 2 is 1.58 bits per heavy atom. The van der Waals surface area contributed by atoms with Gasteiger partial charge in [-0.15, -0.1) is 0 Å². The van der Waals surface area contributed by atoms with Crippen LogP contribution in [0.4, 0.5) is 5.69 Å². The predicted molar refractivity (Wildman–Crippen MR) is 195 cm³/mol. The zero-order valence-electron chi connectivity index (χ0n) is 28.9. The SMILES string of the molecule is COc1cc(C=C[C@H]2C3=CC[C@@H]4C(=O)N(Cc5ccccc5)C(=O)[C@@H]4[C@@H]3C[C@H]3C(=O)N(Nc4ccc(C)cc4)C(=O)[C@@]23c2ccccc2)ccc1O. The number of amides is 4. The largest absolute Gasteiger partial charge is 0.504 e. The lowest BCUT2D eigenvalue weighted by Gasteiger charge is -2.49. The number of hydrazine groups is 1. The van der Waals surface area contributed by atoms with Crippen molar-refractivity contribution in [2.75, 3.05) is 12.5 Å². The van der Waals surface area contributed by atoms with Crippen LogP contribution in [0.2, 0.25) is 0 Å². The first-order valence-corrected chi connectivity index (χ1v) is 17.6. The second kappa shape index (κ2) is 13.0. The average Bonchev–Trinajstić information content (AvgIpc) is 3.53. The van der Waals surface area contributed by atoms with Crippen LogP contribution in [0.5, 0.6) is 11.5 Å². The zero-order chi connectivity index (χ0) is 36.1. The van der Waals surface area contributed by atoms with Gasteiger partial charge in [0.1, 0.15) is 0 Å². The van der Waals surface area contributed by atoms with Crippen LogP contribution in [0.3, 0.4) is 0 Å². The highest BCUT2D eigenvalue weighted by Gasteiger charge is 2.69. The van der Waals surface area contributed by atoms with Crippen molar-refractivity contribution >= 4 is 35.4 Å². The number of imide groups is 2. The zero-order valence-corrected chi connectivity index (χ0v) is 28.9. The van der Waals surface area contributed by atoms with Crippen molar-refractivity contribution in [3.63, 3.8) is 0 Å². The number of nitrogens with one attached hydrogen (secondary N) is 1. The highest BCUT2D eigenvalue weighted by molar-refractivity contribution is 6.13. The molecule has 0 bridgehead atoms. The Bertz CT molecular complexity index is 2130. The molecule has 0 radical (unpaired) electrons. The number of methoxy groups -OCH3 is 1. The normalized spacial score (nSPS) is 26.7. The summed E-state index contributed by atoms with van der Waals surface area (Å²) >= 11 is 0. The van der Waals surface area contributed by atoms with Gasteiger partial charge in [0.25, 0.3) is 11.8 Å². The number of benzene rings is 4. The molecule has 4 amide bonds. The van der Waals surface area contributed by atoms with Gasteiger partial charge in [0, 0.05) is 5.92 Å². The van der Waals surface area contributed by atoms with Gasteiger partial charge >= 0.3 is 0 Å². The monoisotopic (exact) mass is 693 g/mol. The second-order valence-corrected chi connectivity index (χ2v) is 14.2. The third-order valence-electron chi connectivity index (χ3n) is 11.4. The smallest absolute Gasteiger partial charge is 0.260 e. The lowest BCUT2D eigenvalue weighted by molar-refractivity contribution is -0.142. The number of carbonyl (C=O) groups is 4. The fraction of sp³-hybridized carbons (Fsp3) is 0.256. The molecule has 2 aliphatic carbocycles. The summed E-state index contributed by atoms with van der Waals surface area (Å²) in [5, 5.41) is 11.4. The molecule has 8 rings (SSSR count). The summed E-state index contributed by atoms with van der Waals surface area (Å²) in [5.74, 6) is -4.03. The Morgan fingerprint density at radius 3 is 2.29 bits per heavy atom. The van der Waals surface area contributed by atoms with E-state index in [0.29, 0.717) is 23.4 Å². The number of hydrogen-bond acceptors (Lipinski definition) is 7. The van der Waals surface area contributed by atoms with Crippen molar-refractivity contribution in [3.8, 4) is 11.5 Å². The Balaban J connectivity index is 1.27. The van der Waals surface area contributed by atoms with Crippen molar-refractivity contribution < 1.29 is 29.0 Å². The molecule has 0 spiro atoms. The molecule has 1 saturated carbocycles. The maximum Gasteiger partial charge on any atom is 0.260 e. The van der Waals surface area contributed by atoms with Gasteiger partial charge in [-0.05, 0) is 66.6 Å². The number of hydrogen-bond donors (Lipinski definition) is 2. The lowest BCUT2D eigenvalue weighted by Crippen LogP contribution is -2.54. The molecular formula is C43H39N3O6. The van der Waals surface area contributed by atoms with Crippen LogP contribution >= 0.6 is 0 Å². The lowest BCUT2D eigenvalue weighted by atomic mass is 9.50. The van der Waals surface area contributed by atoms with E-state index in [9.17, 15) is 19.5 Å². The number of phenolic OH excluding ortho intramolecular Hbond substituents is 1. The van der Waals surface area contributed by atoms with Crippen LogP contribution in [0.25, 0.3) is 6.08 Å². The van der Waals surface area contributed by atoms with E-state index in [2.05, 4.69) is 5.43 Å². The van der Waals surface area contributed by atoms with E-state index in [4.69, 9.17) is 4.74 Å². The number of aromatic hydroxyl groups is 1. The molecule has 2 heterocycles. The van der Waals surface area contributed by atoms with Crippen LogP contribution < -0.4 is 10.2 Å². The molecule has 6 atom stereocenters. The molecule has 2 aliphatic heterocycles. The number of phenols is 1. The molecule has 2 saturated heterocycles. The molecule has 9 nitrogen and oxygen atoms in total. The summed E-state index contributed by atoms with van der Waals surface area (Å²) in [6.45, 7) is 2.15. The summed E-state index contributed by atoms with van der Waals surface area (Å²) in [6, 6.07) is 31.4. The van der Waals surface area contributed by atoms with Crippen LogP contribution in [-0.4, -0.2) is 45.8 Å². The first-order chi connectivity index (χ1) is 25.2. The van der Waals surface area contributed by atoms with E-state index < -0.39 is 35.0 Å². The number of ether oxygens (including phenoxy) is 1. The van der Waals surface area contributed by atoms with E-state index in [1.165, 1.54) is 12.0 Å². The van der Waals surface area contributed by atoms with Gasteiger partial charge in [0.05, 0.1) is 42.5 Å². The van der Waals surface area contributed by atoms with Gasteiger partial charge in [-0.2, -0.15) is 5.01 Å². The minimum absolute atomic E-state index is 0.00177. The number of likely N-dealkylation sites (tertiary alicyclic amines) is 1. The van der Waals surface area contributed by atoms with Gasteiger partial charge in [-0.25, -0.2) is 0 Å². The van der Waals surface area contributed by atoms with Crippen molar-refractivity contribution in [2.45, 2.75) is 31.7 Å². The Labute approximate surface area is 302 Å². The van der Waals surface area contributed by atoms with Crippen LogP contribution in [0.1, 0.15) is 35.1 Å². The molecule has 2 N–H and O–H groups in total. The number of rotatable bonds is 8. The van der Waals surface area contributed by atoms with E-state index in [-0.39, 0.29) is 42.3 Å². The Morgan fingerprint density at radius 1 is 0.865 bits per heavy atom. The van der Waals surface area contributed by atoms with Gasteiger partial charge in [-0.1, -0.05) is 108 Å². The van der Waals surface area contributed by atoms with Crippen LogP contribution in [-0.2, 0) is 31.1 Å². The van der Waals surface area contributed by atoms with E-state index in [0.717, 1.165) is 27.3 Å². The maximum atomic E-state index is 15.2. The molecule has 9 heteroatoms.